The molecule has 0 bridgehead atoms. The van der Waals surface area contributed by atoms with E-state index < -0.39 is 0 Å². The second-order valence-corrected chi connectivity index (χ2v) is 8.94. The van der Waals surface area contributed by atoms with Gasteiger partial charge in [0.15, 0.2) is 11.5 Å². The number of aromatic nitrogens is 1. The van der Waals surface area contributed by atoms with Gasteiger partial charge in [-0.2, -0.15) is 5.10 Å². The standard InChI is InChI=1S/C26H26N4O4S/c1-4-23-24(18-9-12-21(33-2)22(14-18)34-3)29-30(26(32)35-23)16-17-7-10-20(11-8-17)28-25(31)19-6-5-13-27-15-19/h5-15,23H,4,16H2,1-3H3,(H,28,31). The number of methoxy groups -OCH3 is 2. The topological polar surface area (TPSA) is 93.1 Å². The molecule has 0 saturated carbocycles. The van der Waals surface area contributed by atoms with Crippen molar-refractivity contribution in [3.63, 3.8) is 0 Å². The lowest BCUT2D eigenvalue weighted by molar-refractivity contribution is 0.102. The largest absolute Gasteiger partial charge is 0.493 e. The highest BCUT2D eigenvalue weighted by Crippen LogP contribution is 2.33. The van der Waals surface area contributed by atoms with Crippen LogP contribution in [-0.2, 0) is 6.54 Å². The van der Waals surface area contributed by atoms with E-state index in [0.29, 0.717) is 29.3 Å². The van der Waals surface area contributed by atoms with E-state index in [9.17, 15) is 9.59 Å². The molecule has 1 N–H and O–H groups in total. The van der Waals surface area contributed by atoms with E-state index in [0.717, 1.165) is 23.3 Å². The molecule has 1 aromatic heterocycles. The van der Waals surface area contributed by atoms with Crippen molar-refractivity contribution in [3.05, 3.63) is 83.7 Å². The van der Waals surface area contributed by atoms with E-state index in [4.69, 9.17) is 14.6 Å². The first kappa shape index (κ1) is 24.3. The van der Waals surface area contributed by atoms with Gasteiger partial charge < -0.3 is 14.8 Å². The minimum Gasteiger partial charge on any atom is -0.493 e. The number of ether oxygens (including phenoxy) is 2. The Bertz CT molecular complexity index is 1230. The number of nitrogens with zero attached hydrogens (tertiary/aromatic N) is 3. The molecule has 4 rings (SSSR count). The molecule has 0 spiro atoms. The van der Waals surface area contributed by atoms with Crippen LogP contribution in [0.3, 0.4) is 0 Å². The minimum absolute atomic E-state index is 0.0538. The number of amides is 2. The number of anilines is 1. The summed E-state index contributed by atoms with van der Waals surface area (Å²) < 4.78 is 10.8. The van der Waals surface area contributed by atoms with E-state index in [1.807, 2.05) is 37.3 Å². The average molecular weight is 491 g/mol. The summed E-state index contributed by atoms with van der Waals surface area (Å²) in [5.41, 5.74) is 3.73. The number of hydrazone groups is 1. The fourth-order valence-electron chi connectivity index (χ4n) is 3.66. The van der Waals surface area contributed by atoms with E-state index in [-0.39, 0.29) is 16.4 Å². The molecule has 9 heteroatoms. The highest BCUT2D eigenvalue weighted by atomic mass is 32.2. The predicted molar refractivity (Wildman–Crippen MR) is 137 cm³/mol. The summed E-state index contributed by atoms with van der Waals surface area (Å²) >= 11 is 1.27. The number of hydrogen-bond acceptors (Lipinski definition) is 7. The van der Waals surface area contributed by atoms with Crippen molar-refractivity contribution in [2.24, 2.45) is 5.10 Å². The first-order valence-corrected chi connectivity index (χ1v) is 12.0. The van der Waals surface area contributed by atoms with Gasteiger partial charge in [0.05, 0.1) is 37.3 Å². The number of nitrogens with one attached hydrogen (secondary N) is 1. The number of rotatable bonds is 8. The van der Waals surface area contributed by atoms with Gasteiger partial charge in [-0.15, -0.1) is 0 Å². The molecule has 35 heavy (non-hydrogen) atoms. The maximum atomic E-state index is 12.8. The first-order chi connectivity index (χ1) is 17.0. The zero-order chi connectivity index (χ0) is 24.8. The second kappa shape index (κ2) is 11.1. The van der Waals surface area contributed by atoms with E-state index in [1.54, 1.807) is 44.7 Å². The van der Waals surface area contributed by atoms with Crippen molar-refractivity contribution in [3.8, 4) is 11.5 Å². The normalized spacial score (nSPS) is 15.4. The van der Waals surface area contributed by atoms with Crippen LogP contribution >= 0.6 is 11.8 Å². The molecule has 8 nitrogen and oxygen atoms in total. The van der Waals surface area contributed by atoms with Crippen molar-refractivity contribution < 1.29 is 19.1 Å². The Labute approximate surface area is 208 Å². The van der Waals surface area contributed by atoms with Crippen LogP contribution in [0.2, 0.25) is 0 Å². The third-order valence-electron chi connectivity index (χ3n) is 5.51. The molecule has 2 heterocycles. The summed E-state index contributed by atoms with van der Waals surface area (Å²) in [5.74, 6) is 1.01. The average Bonchev–Trinajstić information content (AvgIpc) is 2.90. The second-order valence-electron chi connectivity index (χ2n) is 7.79. The van der Waals surface area contributed by atoms with Crippen LogP contribution in [0.5, 0.6) is 11.5 Å². The number of hydrogen-bond donors (Lipinski definition) is 1. The maximum absolute atomic E-state index is 12.8. The van der Waals surface area contributed by atoms with Crippen molar-refractivity contribution in [2.45, 2.75) is 25.1 Å². The van der Waals surface area contributed by atoms with Gasteiger partial charge in [0, 0.05) is 23.6 Å². The van der Waals surface area contributed by atoms with Crippen LogP contribution in [0, 0.1) is 0 Å². The Kier molecular flexibility index (Phi) is 7.67. The van der Waals surface area contributed by atoms with Gasteiger partial charge in [0.1, 0.15) is 0 Å². The van der Waals surface area contributed by atoms with Gasteiger partial charge in [0.2, 0.25) is 0 Å². The SMILES string of the molecule is CCC1SC(=O)N(Cc2ccc(NC(=O)c3cccnc3)cc2)N=C1c1ccc(OC)c(OC)c1. The van der Waals surface area contributed by atoms with E-state index >= 15 is 0 Å². The molecule has 1 aliphatic rings. The number of benzene rings is 2. The number of carbonyl (C=O) groups is 2. The van der Waals surface area contributed by atoms with Gasteiger partial charge in [-0.3, -0.25) is 14.6 Å². The Balaban J connectivity index is 1.52. The molecular formula is C26H26N4O4S. The zero-order valence-electron chi connectivity index (χ0n) is 19.7. The van der Waals surface area contributed by atoms with Gasteiger partial charge in [-0.1, -0.05) is 30.8 Å². The van der Waals surface area contributed by atoms with Crippen LogP contribution in [0.4, 0.5) is 10.5 Å². The number of pyridine rings is 1. The van der Waals surface area contributed by atoms with E-state index in [2.05, 4.69) is 10.3 Å². The Morgan fingerprint density at radius 3 is 2.51 bits per heavy atom. The predicted octanol–water partition coefficient (Wildman–Crippen LogP) is 5.20. The summed E-state index contributed by atoms with van der Waals surface area (Å²) in [7, 11) is 3.19. The molecule has 1 atom stereocenters. The lowest BCUT2D eigenvalue weighted by Crippen LogP contribution is -2.34. The molecule has 1 aliphatic heterocycles. The summed E-state index contributed by atoms with van der Waals surface area (Å²) in [5, 5.41) is 8.90. The molecule has 2 aromatic carbocycles. The minimum atomic E-state index is -0.233. The fourth-order valence-corrected chi connectivity index (χ4v) is 4.59. The van der Waals surface area contributed by atoms with E-state index in [1.165, 1.54) is 23.0 Å². The third-order valence-corrected chi connectivity index (χ3v) is 6.76. The molecule has 0 radical (unpaired) electrons. The van der Waals surface area contributed by atoms with Gasteiger partial charge in [-0.25, -0.2) is 5.01 Å². The van der Waals surface area contributed by atoms with Crippen molar-refractivity contribution in [1.82, 2.24) is 9.99 Å². The highest BCUT2D eigenvalue weighted by molar-refractivity contribution is 8.14. The first-order valence-electron chi connectivity index (χ1n) is 11.1. The molecule has 180 valence electrons. The van der Waals surface area contributed by atoms with Gasteiger partial charge in [0.25, 0.3) is 5.91 Å². The quantitative estimate of drug-likeness (QED) is 0.466. The highest BCUT2D eigenvalue weighted by Gasteiger charge is 2.30. The van der Waals surface area contributed by atoms with Crippen molar-refractivity contribution in [1.29, 1.82) is 0 Å². The summed E-state index contributed by atoms with van der Waals surface area (Å²) in [4.78, 5) is 29.1. The lowest BCUT2D eigenvalue weighted by Gasteiger charge is -2.28. The van der Waals surface area contributed by atoms with Crippen LogP contribution < -0.4 is 14.8 Å². The van der Waals surface area contributed by atoms with Gasteiger partial charge >= 0.3 is 5.24 Å². The fraction of sp³-hybridized carbons (Fsp3) is 0.231. The molecular weight excluding hydrogens is 464 g/mol. The number of carbonyl (C=O) groups excluding carboxylic acids is 2. The maximum Gasteiger partial charge on any atom is 0.302 e. The van der Waals surface area contributed by atoms with Crippen LogP contribution in [0.1, 0.15) is 34.8 Å². The van der Waals surface area contributed by atoms with Gasteiger partial charge in [-0.05, 0) is 54.4 Å². The molecule has 0 saturated heterocycles. The summed E-state index contributed by atoms with van der Waals surface area (Å²) in [6.45, 7) is 2.35. The zero-order valence-corrected chi connectivity index (χ0v) is 20.5. The van der Waals surface area contributed by atoms with Crippen molar-refractivity contribution in [2.75, 3.05) is 19.5 Å². The van der Waals surface area contributed by atoms with Crippen LogP contribution in [0.15, 0.2) is 72.1 Å². The van der Waals surface area contributed by atoms with Crippen LogP contribution in [-0.4, -0.2) is 46.3 Å². The summed E-state index contributed by atoms with van der Waals surface area (Å²) in [6, 6.07) is 16.4. The molecule has 0 aliphatic carbocycles. The Morgan fingerprint density at radius 1 is 1.09 bits per heavy atom. The van der Waals surface area contributed by atoms with Crippen LogP contribution in [0.25, 0.3) is 0 Å². The summed E-state index contributed by atoms with van der Waals surface area (Å²) in [6.07, 6.45) is 3.90. The van der Waals surface area contributed by atoms with Crippen molar-refractivity contribution >= 4 is 34.3 Å². The Hall–Kier alpha value is -3.85. The smallest absolute Gasteiger partial charge is 0.302 e. The third kappa shape index (κ3) is 5.63. The molecule has 3 aromatic rings. The molecule has 0 fully saturated rings. The molecule has 1 unspecified atom stereocenters. The molecule has 2 amide bonds. The number of thioether (sulfide) groups is 1. The Morgan fingerprint density at radius 2 is 1.86 bits per heavy atom. The monoisotopic (exact) mass is 490 g/mol. The lowest BCUT2D eigenvalue weighted by atomic mass is 10.0.